The van der Waals surface area contributed by atoms with Crippen molar-refractivity contribution < 1.29 is 45.8 Å². The van der Waals surface area contributed by atoms with Gasteiger partial charge in [0.2, 0.25) is 0 Å². The minimum absolute atomic E-state index is 0.0655. The van der Waals surface area contributed by atoms with E-state index in [9.17, 15) is 9.46 Å². The van der Waals surface area contributed by atoms with Gasteiger partial charge >= 0.3 is 13.5 Å². The number of anilines is 2. The van der Waals surface area contributed by atoms with Gasteiger partial charge in [-0.1, -0.05) is 12.2 Å². The molecular formula is C24H27F2N11O8P2S2. The fourth-order valence-electron chi connectivity index (χ4n) is 6.43. The van der Waals surface area contributed by atoms with E-state index in [1.54, 1.807) is 0 Å². The number of ether oxygens (including phenoxy) is 2. The minimum Gasteiger partial charge on any atom is -0.366 e. The second kappa shape index (κ2) is 12.0. The summed E-state index contributed by atoms with van der Waals surface area (Å²) in [5.74, 6) is 0.823. The third kappa shape index (κ3) is 5.82. The van der Waals surface area contributed by atoms with Crippen molar-refractivity contribution in [3.8, 4) is 0 Å². The SMILES string of the molecule is O=P1(S)OCC2O[C@@H]3[C@H](F)[C@@H]2OP(O)(=S)OCC2O[C@H]([C@H](F)[C@@H]2O1)n1cnc2c(ncnc21)NCC1NC1CNc1ncnc2c1ncn23. The molecule has 6 aliphatic rings. The predicted octanol–water partition coefficient (Wildman–Crippen LogP) is 1.39. The molecule has 262 valence electrons. The lowest BCUT2D eigenvalue weighted by atomic mass is 10.1. The van der Waals surface area contributed by atoms with Crippen LogP contribution < -0.4 is 16.0 Å². The molecule has 4 N–H and O–H groups in total. The van der Waals surface area contributed by atoms with Gasteiger partial charge in [0, 0.05) is 25.2 Å². The summed E-state index contributed by atoms with van der Waals surface area (Å²) < 4.78 is 83.1. The molecule has 6 unspecified atom stereocenters. The maximum atomic E-state index is 16.3. The molecule has 19 nitrogen and oxygen atoms in total. The summed E-state index contributed by atoms with van der Waals surface area (Å²) >= 11 is 9.30. The first-order valence-electron chi connectivity index (χ1n) is 15.0. The van der Waals surface area contributed by atoms with Crippen LogP contribution in [0.1, 0.15) is 12.5 Å². The Hall–Kier alpha value is -2.53. The third-order valence-corrected chi connectivity index (χ3v) is 12.1. The van der Waals surface area contributed by atoms with Crippen molar-refractivity contribution in [1.29, 1.82) is 0 Å². The van der Waals surface area contributed by atoms with E-state index in [-0.39, 0.29) is 23.4 Å². The minimum atomic E-state index is -4.38. The molecule has 0 spiro atoms. The molecule has 6 aliphatic heterocycles. The summed E-state index contributed by atoms with van der Waals surface area (Å²) in [4.78, 5) is 37.1. The van der Waals surface area contributed by atoms with E-state index in [1.165, 1.54) is 34.4 Å². The Kier molecular flexibility index (Phi) is 7.95. The highest BCUT2D eigenvalue weighted by molar-refractivity contribution is 8.44. The number of hydrogen-bond acceptors (Lipinski definition) is 17. The molecule has 4 aromatic rings. The number of rotatable bonds is 0. The quantitative estimate of drug-likeness (QED) is 0.0969. The molecule has 4 aromatic heterocycles. The van der Waals surface area contributed by atoms with Gasteiger partial charge in [0.05, 0.1) is 25.9 Å². The molecule has 4 saturated heterocycles. The highest BCUT2D eigenvalue weighted by atomic mass is 32.7. The van der Waals surface area contributed by atoms with Crippen LogP contribution in [-0.2, 0) is 43.9 Å². The third-order valence-electron chi connectivity index (χ3n) is 8.90. The number of hydrogen-bond donors (Lipinski definition) is 5. The van der Waals surface area contributed by atoms with Gasteiger partial charge in [0.1, 0.15) is 37.1 Å². The molecule has 14 bridgehead atoms. The summed E-state index contributed by atoms with van der Waals surface area (Å²) in [6.45, 7) is -8.87. The molecule has 4 fully saturated rings. The number of aromatic nitrogens is 8. The van der Waals surface area contributed by atoms with Gasteiger partial charge in [-0.05, 0) is 11.8 Å². The Balaban J connectivity index is 1.12. The average molecular weight is 762 g/mol. The average Bonchev–Trinajstić information content (AvgIpc) is 3.34. The number of nitrogens with zero attached hydrogens (tertiary/aromatic N) is 8. The first-order chi connectivity index (χ1) is 23.6. The van der Waals surface area contributed by atoms with Crippen molar-refractivity contribution >= 4 is 71.5 Å². The normalized spacial score (nSPS) is 40.8. The fourth-order valence-corrected chi connectivity index (χ4v) is 9.35. The predicted molar refractivity (Wildman–Crippen MR) is 171 cm³/mol. The summed E-state index contributed by atoms with van der Waals surface area (Å²) in [6.07, 6.45) is -7.31. The van der Waals surface area contributed by atoms with Crippen LogP contribution in [-0.4, -0.2) is 119 Å². The lowest BCUT2D eigenvalue weighted by molar-refractivity contribution is -0.0564. The molecule has 0 aromatic carbocycles. The fraction of sp³-hybridized carbons (Fsp3) is 0.583. The van der Waals surface area contributed by atoms with Gasteiger partial charge in [-0.15, -0.1) is 0 Å². The molecule has 0 amide bonds. The molecular weight excluding hydrogens is 734 g/mol. The van der Waals surface area contributed by atoms with Gasteiger partial charge in [0.15, 0.2) is 58.8 Å². The molecule has 10 rings (SSSR count). The summed E-state index contributed by atoms with van der Waals surface area (Å²) in [7, 11) is 0. The van der Waals surface area contributed by atoms with E-state index in [2.05, 4.69) is 58.1 Å². The zero-order chi connectivity index (χ0) is 33.7. The van der Waals surface area contributed by atoms with Crippen molar-refractivity contribution in [3.05, 3.63) is 25.3 Å². The van der Waals surface area contributed by atoms with Crippen molar-refractivity contribution in [2.75, 3.05) is 36.9 Å². The van der Waals surface area contributed by atoms with E-state index in [0.29, 0.717) is 35.8 Å². The Morgan fingerprint density at radius 3 is 1.88 bits per heavy atom. The standard InChI is InChI=1S/C24H27F2N11O8P2S2/c25-13-17-11-3-40-47(39,49)45-18-12(4-41-46(38,48)44-17)43-24(14(18)26)37-8-34-16-20(30-6-32-22(16)37)28-2-10-9(35-10)1-27-19-15-21(31-5-29-19)36(7-33-15)23(13)42-11/h5-14,17-18,23-24,35H,1-4H2,(H,38,48)(H,39,49)(H,27,29,31)(H,28,30,32)/t9?,10?,11?,12?,13-,14-,17-,18-,23-,24-,46?,47?/m1/s1. The van der Waals surface area contributed by atoms with Crippen LogP contribution in [0.5, 0.6) is 0 Å². The van der Waals surface area contributed by atoms with Crippen molar-refractivity contribution in [2.24, 2.45) is 0 Å². The Morgan fingerprint density at radius 2 is 1.33 bits per heavy atom. The number of alkyl halides is 2. The van der Waals surface area contributed by atoms with Crippen LogP contribution >= 0.6 is 25.8 Å². The largest absolute Gasteiger partial charge is 0.386 e. The molecule has 10 heterocycles. The molecule has 12 atom stereocenters. The highest BCUT2D eigenvalue weighted by Crippen LogP contribution is 2.58. The van der Waals surface area contributed by atoms with E-state index >= 15 is 8.78 Å². The lowest BCUT2D eigenvalue weighted by Crippen LogP contribution is -2.37. The van der Waals surface area contributed by atoms with Crippen molar-refractivity contribution in [1.82, 2.24) is 44.4 Å². The summed E-state index contributed by atoms with van der Waals surface area (Å²) in [5.41, 5.74) is 1.17. The first kappa shape index (κ1) is 32.4. The van der Waals surface area contributed by atoms with E-state index in [0.717, 1.165) is 0 Å². The van der Waals surface area contributed by atoms with Crippen LogP contribution in [0.2, 0.25) is 0 Å². The molecule has 0 aliphatic carbocycles. The Bertz CT molecular complexity index is 1890. The van der Waals surface area contributed by atoms with Crippen LogP contribution in [0.3, 0.4) is 0 Å². The zero-order valence-corrected chi connectivity index (χ0v) is 28.3. The molecule has 0 radical (unpaired) electrons. The number of nitrogens with one attached hydrogen (secondary N) is 3. The summed E-state index contributed by atoms with van der Waals surface area (Å²) in [6, 6.07) is 0.131. The van der Waals surface area contributed by atoms with Gasteiger partial charge in [0.25, 0.3) is 0 Å². The van der Waals surface area contributed by atoms with Gasteiger partial charge < -0.3 is 34.8 Å². The van der Waals surface area contributed by atoms with Gasteiger partial charge in [-0.2, -0.15) is 0 Å². The van der Waals surface area contributed by atoms with Crippen LogP contribution in [0.25, 0.3) is 22.3 Å². The van der Waals surface area contributed by atoms with Crippen LogP contribution in [0.4, 0.5) is 20.4 Å². The zero-order valence-electron chi connectivity index (χ0n) is 24.8. The van der Waals surface area contributed by atoms with Crippen LogP contribution in [0, 0.1) is 0 Å². The molecule has 25 heteroatoms. The number of thiol groups is 1. The van der Waals surface area contributed by atoms with E-state index < -0.39 is 75.9 Å². The lowest BCUT2D eigenvalue weighted by Gasteiger charge is -2.29. The molecule has 49 heavy (non-hydrogen) atoms. The van der Waals surface area contributed by atoms with Crippen molar-refractivity contribution in [2.45, 2.75) is 61.3 Å². The van der Waals surface area contributed by atoms with Crippen LogP contribution in [0.15, 0.2) is 25.3 Å². The Morgan fingerprint density at radius 1 is 0.816 bits per heavy atom. The maximum absolute atomic E-state index is 16.3. The van der Waals surface area contributed by atoms with E-state index in [4.69, 9.17) is 39.4 Å². The topological polar surface area (TPSA) is 226 Å². The number of fused-ring (bicyclic) bond motifs is 8. The number of imidazole rings is 2. The first-order valence-corrected chi connectivity index (χ1v) is 20.3. The summed E-state index contributed by atoms with van der Waals surface area (Å²) in [5, 5.41) is 9.90. The second-order valence-corrected chi connectivity index (χ2v) is 17.6. The van der Waals surface area contributed by atoms with Gasteiger partial charge in [-0.3, -0.25) is 22.7 Å². The van der Waals surface area contributed by atoms with Crippen molar-refractivity contribution in [3.63, 3.8) is 0 Å². The van der Waals surface area contributed by atoms with E-state index in [1.807, 2.05) is 0 Å². The monoisotopic (exact) mass is 761 g/mol. The second-order valence-electron chi connectivity index (χ2n) is 11.9. The highest BCUT2D eigenvalue weighted by Gasteiger charge is 2.54. The maximum Gasteiger partial charge on any atom is 0.386 e. The van der Waals surface area contributed by atoms with Gasteiger partial charge in [-0.25, -0.2) is 43.2 Å². The smallest absolute Gasteiger partial charge is 0.366 e. The number of halogens is 2. The Labute approximate surface area is 284 Å². The molecule has 0 saturated carbocycles.